The third kappa shape index (κ3) is 1.15. The lowest BCUT2D eigenvalue weighted by atomic mass is 9.75. The molecule has 0 atom stereocenters. The monoisotopic (exact) mass is 236 g/mol. The maximum atomic E-state index is 10.4. The van der Waals surface area contributed by atoms with Gasteiger partial charge in [-0.05, 0) is 0 Å². The summed E-state index contributed by atoms with van der Waals surface area (Å²) in [5, 5.41) is 41.6. The molecule has 0 aromatic heterocycles. The fraction of sp³-hybridized carbons (Fsp3) is 1.00. The van der Waals surface area contributed by atoms with Crippen molar-refractivity contribution in [3.63, 3.8) is 0 Å². The molecule has 88 valence electrons. The highest BCUT2D eigenvalue weighted by Gasteiger charge is 2.88. The van der Waals surface area contributed by atoms with Crippen LogP contribution in [0.3, 0.4) is 0 Å². The molecule has 16 heavy (non-hydrogen) atoms. The van der Waals surface area contributed by atoms with Gasteiger partial charge in [-0.15, -0.1) is 0 Å². The van der Waals surface area contributed by atoms with Gasteiger partial charge in [0.25, 0.3) is 0 Å². The van der Waals surface area contributed by atoms with Gasteiger partial charge in [0.15, 0.2) is 0 Å². The van der Waals surface area contributed by atoms with Gasteiger partial charge < -0.3 is 0 Å². The van der Waals surface area contributed by atoms with Crippen molar-refractivity contribution in [3.05, 3.63) is 40.5 Å². The van der Waals surface area contributed by atoms with Crippen molar-refractivity contribution in [3.8, 4) is 0 Å². The van der Waals surface area contributed by atoms with Gasteiger partial charge in [0.1, 0.15) is 0 Å². The van der Waals surface area contributed by atoms with E-state index in [1.165, 1.54) is 0 Å². The normalized spacial score (nSPS) is 20.5. The van der Waals surface area contributed by atoms with Crippen molar-refractivity contribution < 1.29 is 19.7 Å². The van der Waals surface area contributed by atoms with Crippen molar-refractivity contribution in [1.29, 1.82) is 0 Å². The highest BCUT2D eigenvalue weighted by atomic mass is 16.7. The van der Waals surface area contributed by atoms with Crippen LogP contribution in [-0.2, 0) is 0 Å². The van der Waals surface area contributed by atoms with E-state index in [-0.39, 0.29) is 0 Å². The molecule has 1 aliphatic carbocycles. The van der Waals surface area contributed by atoms with Crippen molar-refractivity contribution in [2.24, 2.45) is 0 Å². The van der Waals surface area contributed by atoms with E-state index in [4.69, 9.17) is 0 Å². The third-order valence-corrected chi connectivity index (χ3v) is 2.49. The Labute approximate surface area is 85.4 Å². The number of nitrogens with zero attached hydrogens (tertiary/aromatic N) is 4. The van der Waals surface area contributed by atoms with Gasteiger partial charge in [-0.25, -0.2) is 0 Å². The minimum atomic E-state index is -2.82. The summed E-state index contributed by atoms with van der Waals surface area (Å²) in [5.74, 6) is 0. The van der Waals surface area contributed by atoms with E-state index in [2.05, 4.69) is 0 Å². The largest absolute Gasteiger partial charge is 0.487 e. The zero-order valence-corrected chi connectivity index (χ0v) is 7.47. The van der Waals surface area contributed by atoms with Crippen molar-refractivity contribution >= 4 is 0 Å². The van der Waals surface area contributed by atoms with Gasteiger partial charge in [-0.3, -0.25) is 40.5 Å². The van der Waals surface area contributed by atoms with Crippen LogP contribution in [0.4, 0.5) is 0 Å². The van der Waals surface area contributed by atoms with Gasteiger partial charge >= 0.3 is 11.3 Å². The molecule has 0 aliphatic heterocycles. The van der Waals surface area contributed by atoms with Gasteiger partial charge in [0.2, 0.25) is 12.8 Å². The molecule has 0 saturated heterocycles. The summed E-state index contributed by atoms with van der Waals surface area (Å²) in [6, 6.07) is 0. The number of hydrogen-bond acceptors (Lipinski definition) is 8. The topological polar surface area (TPSA) is 173 Å². The van der Waals surface area contributed by atoms with E-state index in [1.54, 1.807) is 0 Å². The fourth-order valence-corrected chi connectivity index (χ4v) is 1.50. The van der Waals surface area contributed by atoms with Crippen molar-refractivity contribution in [2.45, 2.75) is 24.2 Å². The smallest absolute Gasteiger partial charge is 0.258 e. The third-order valence-electron chi connectivity index (χ3n) is 2.49. The first-order chi connectivity index (χ1) is 7.19. The number of hydrogen-bond donors (Lipinski definition) is 0. The predicted molar refractivity (Wildman–Crippen MR) is 42.7 cm³/mol. The van der Waals surface area contributed by atoms with Crippen LogP contribution < -0.4 is 0 Å². The fourth-order valence-electron chi connectivity index (χ4n) is 1.50. The molecule has 1 fully saturated rings. The summed E-state index contributed by atoms with van der Waals surface area (Å²) < 4.78 is 0. The lowest BCUT2D eigenvalue weighted by Crippen LogP contribution is -2.71. The van der Waals surface area contributed by atoms with Crippen LogP contribution in [0.2, 0.25) is 0 Å². The predicted octanol–water partition coefficient (Wildman–Crippen LogP) is -0.720. The summed E-state index contributed by atoms with van der Waals surface area (Å²) in [7, 11) is 0. The average Bonchev–Trinajstić information content (AvgIpc) is 1.98. The highest BCUT2D eigenvalue weighted by molar-refractivity contribution is 4.93. The van der Waals surface area contributed by atoms with Crippen LogP contribution >= 0.6 is 0 Å². The standard InChI is InChI=1S/C4H4N4O8/c9-5(10)3(6(11)12)1-4(2-3,7(13)14)8(15)16/h1-2H2. The Morgan fingerprint density at radius 1 is 0.625 bits per heavy atom. The maximum absolute atomic E-state index is 10.4. The molecular weight excluding hydrogens is 232 g/mol. The van der Waals surface area contributed by atoms with E-state index >= 15 is 0 Å². The number of nitro groups is 4. The Balaban J connectivity index is 3.08. The Bertz CT molecular complexity index is 329. The van der Waals surface area contributed by atoms with Crippen molar-refractivity contribution in [1.82, 2.24) is 0 Å². The zero-order chi connectivity index (χ0) is 12.7. The Morgan fingerprint density at radius 3 is 0.938 bits per heavy atom. The second kappa shape index (κ2) is 3.04. The Morgan fingerprint density at radius 2 is 0.812 bits per heavy atom. The average molecular weight is 236 g/mol. The van der Waals surface area contributed by atoms with E-state index < -0.39 is 43.9 Å². The summed E-state index contributed by atoms with van der Waals surface area (Å²) in [5.41, 5.74) is -5.64. The highest BCUT2D eigenvalue weighted by Crippen LogP contribution is 2.46. The molecule has 1 aliphatic rings. The lowest BCUT2D eigenvalue weighted by molar-refractivity contribution is -0.902. The SMILES string of the molecule is O=[N+]([O-])C1([N+](=O)[O-])CC([N+](=O)[O-])([N+](=O)[O-])C1. The Hall–Kier alpha value is -2.40. The van der Waals surface area contributed by atoms with E-state index in [0.29, 0.717) is 0 Å². The minimum absolute atomic E-state index is 1.34. The molecule has 0 heterocycles. The van der Waals surface area contributed by atoms with Crippen LogP contribution in [0.5, 0.6) is 0 Å². The van der Waals surface area contributed by atoms with Gasteiger partial charge in [-0.2, -0.15) is 0 Å². The summed E-state index contributed by atoms with van der Waals surface area (Å²) in [6.45, 7) is 0. The van der Waals surface area contributed by atoms with E-state index in [9.17, 15) is 40.5 Å². The van der Waals surface area contributed by atoms with Gasteiger partial charge in [0, 0.05) is 0 Å². The molecule has 0 unspecified atom stereocenters. The number of rotatable bonds is 4. The van der Waals surface area contributed by atoms with Crippen LogP contribution in [0, 0.1) is 40.5 Å². The van der Waals surface area contributed by atoms with E-state index in [0.717, 1.165) is 0 Å². The molecule has 0 bridgehead atoms. The van der Waals surface area contributed by atoms with Gasteiger partial charge in [0.05, 0.1) is 19.7 Å². The molecular formula is C4H4N4O8. The summed E-state index contributed by atoms with van der Waals surface area (Å²) >= 11 is 0. The Kier molecular flexibility index (Phi) is 2.22. The van der Waals surface area contributed by atoms with Crippen LogP contribution in [-0.4, -0.2) is 31.0 Å². The van der Waals surface area contributed by atoms with Crippen LogP contribution in [0.25, 0.3) is 0 Å². The molecule has 12 heteroatoms. The molecule has 0 spiro atoms. The molecule has 0 radical (unpaired) electrons. The second-order valence-electron chi connectivity index (χ2n) is 3.35. The minimum Gasteiger partial charge on any atom is -0.258 e. The van der Waals surface area contributed by atoms with Crippen LogP contribution in [0.15, 0.2) is 0 Å². The molecule has 0 N–H and O–H groups in total. The molecule has 0 aromatic carbocycles. The van der Waals surface area contributed by atoms with Crippen LogP contribution in [0.1, 0.15) is 12.8 Å². The zero-order valence-electron chi connectivity index (χ0n) is 7.47. The van der Waals surface area contributed by atoms with E-state index in [1.807, 2.05) is 0 Å². The molecule has 0 aromatic rings. The first-order valence-corrected chi connectivity index (χ1v) is 3.77. The van der Waals surface area contributed by atoms with Crippen molar-refractivity contribution in [2.75, 3.05) is 0 Å². The maximum Gasteiger partial charge on any atom is 0.487 e. The molecule has 1 saturated carbocycles. The molecule has 12 nitrogen and oxygen atoms in total. The lowest BCUT2D eigenvalue weighted by Gasteiger charge is -2.30. The second-order valence-corrected chi connectivity index (χ2v) is 3.35. The summed E-state index contributed by atoms with van der Waals surface area (Å²) in [4.78, 5) is 36.2. The molecule has 1 rings (SSSR count). The first-order valence-electron chi connectivity index (χ1n) is 3.77. The molecule has 0 amide bonds. The summed E-state index contributed by atoms with van der Waals surface area (Å²) in [6.07, 6.45) is -2.69. The first kappa shape index (κ1) is 11.7. The quantitative estimate of drug-likeness (QED) is 0.349. The van der Waals surface area contributed by atoms with Gasteiger partial charge in [-0.1, -0.05) is 0 Å².